The average molecular weight is 195 g/mol. The molecule has 0 saturated heterocycles. The first-order chi connectivity index (χ1) is 6.86. The van der Waals surface area contributed by atoms with Crippen LogP contribution in [-0.4, -0.2) is 25.8 Å². The van der Waals surface area contributed by atoms with E-state index >= 15 is 0 Å². The molecule has 3 aliphatic carbocycles. The van der Waals surface area contributed by atoms with Crippen LogP contribution in [0.25, 0.3) is 0 Å². The lowest BCUT2D eigenvalue weighted by Gasteiger charge is -2.15. The summed E-state index contributed by atoms with van der Waals surface area (Å²) in [7, 11) is 0. The third kappa shape index (κ3) is 2.48. The van der Waals surface area contributed by atoms with Crippen molar-refractivity contribution in [3.05, 3.63) is 0 Å². The molecule has 0 aromatic rings. The summed E-state index contributed by atoms with van der Waals surface area (Å²) >= 11 is 0. The Hall–Kier alpha value is -0.0800. The SMILES string of the molecule is C1CC1COCC1(CNC2CC2)CC1. The van der Waals surface area contributed by atoms with Gasteiger partial charge in [0.25, 0.3) is 0 Å². The van der Waals surface area contributed by atoms with E-state index in [-0.39, 0.29) is 0 Å². The van der Waals surface area contributed by atoms with Gasteiger partial charge in [-0.2, -0.15) is 0 Å². The normalized spacial score (nSPS) is 29.1. The van der Waals surface area contributed by atoms with Gasteiger partial charge in [-0.25, -0.2) is 0 Å². The summed E-state index contributed by atoms with van der Waals surface area (Å²) in [6.07, 6.45) is 8.40. The van der Waals surface area contributed by atoms with Crippen LogP contribution in [0.4, 0.5) is 0 Å². The van der Waals surface area contributed by atoms with Gasteiger partial charge in [-0.1, -0.05) is 0 Å². The van der Waals surface area contributed by atoms with Crippen LogP contribution in [0.1, 0.15) is 38.5 Å². The van der Waals surface area contributed by atoms with Gasteiger partial charge in [-0.3, -0.25) is 0 Å². The summed E-state index contributed by atoms with van der Waals surface area (Å²) in [4.78, 5) is 0. The largest absolute Gasteiger partial charge is 0.381 e. The van der Waals surface area contributed by atoms with Gasteiger partial charge in [0.15, 0.2) is 0 Å². The van der Waals surface area contributed by atoms with Crippen molar-refractivity contribution in [1.82, 2.24) is 5.32 Å². The smallest absolute Gasteiger partial charge is 0.0534 e. The Labute approximate surface area is 86.4 Å². The first-order valence-corrected chi connectivity index (χ1v) is 6.18. The van der Waals surface area contributed by atoms with Crippen LogP contribution >= 0.6 is 0 Å². The van der Waals surface area contributed by atoms with Crippen LogP contribution in [-0.2, 0) is 4.74 Å². The monoisotopic (exact) mass is 195 g/mol. The molecule has 14 heavy (non-hydrogen) atoms. The predicted octanol–water partition coefficient (Wildman–Crippen LogP) is 1.95. The maximum absolute atomic E-state index is 5.80. The fourth-order valence-electron chi connectivity index (χ4n) is 1.92. The van der Waals surface area contributed by atoms with Crippen LogP contribution in [0.3, 0.4) is 0 Å². The third-order valence-corrected chi connectivity index (χ3v) is 3.76. The van der Waals surface area contributed by atoms with Crippen LogP contribution in [0.2, 0.25) is 0 Å². The molecular weight excluding hydrogens is 174 g/mol. The lowest BCUT2D eigenvalue weighted by molar-refractivity contribution is 0.0819. The molecule has 0 aromatic heterocycles. The lowest BCUT2D eigenvalue weighted by atomic mass is 10.1. The maximum atomic E-state index is 5.80. The highest BCUT2D eigenvalue weighted by atomic mass is 16.5. The van der Waals surface area contributed by atoms with Crippen LogP contribution in [0.15, 0.2) is 0 Å². The van der Waals surface area contributed by atoms with Crippen molar-refractivity contribution in [2.45, 2.75) is 44.6 Å². The topological polar surface area (TPSA) is 21.3 Å². The highest BCUT2D eigenvalue weighted by Gasteiger charge is 2.43. The minimum Gasteiger partial charge on any atom is -0.381 e. The number of hydrogen-bond donors (Lipinski definition) is 1. The second-order valence-electron chi connectivity index (χ2n) is 5.61. The molecule has 2 heteroatoms. The van der Waals surface area contributed by atoms with E-state index < -0.39 is 0 Å². The van der Waals surface area contributed by atoms with Crippen molar-refractivity contribution in [1.29, 1.82) is 0 Å². The van der Waals surface area contributed by atoms with E-state index in [2.05, 4.69) is 5.32 Å². The third-order valence-electron chi connectivity index (χ3n) is 3.76. The number of hydrogen-bond acceptors (Lipinski definition) is 2. The van der Waals surface area contributed by atoms with E-state index in [1.165, 1.54) is 45.1 Å². The summed E-state index contributed by atoms with van der Waals surface area (Å²) in [6.45, 7) is 3.26. The Kier molecular flexibility index (Phi) is 2.29. The highest BCUT2D eigenvalue weighted by molar-refractivity contribution is 4.97. The van der Waals surface area contributed by atoms with Crippen molar-refractivity contribution >= 4 is 0 Å². The molecule has 0 radical (unpaired) electrons. The molecule has 0 bridgehead atoms. The van der Waals surface area contributed by atoms with Gasteiger partial charge in [0.05, 0.1) is 6.61 Å². The Balaban J connectivity index is 1.32. The van der Waals surface area contributed by atoms with Crippen LogP contribution in [0, 0.1) is 11.3 Å². The van der Waals surface area contributed by atoms with E-state index in [0.29, 0.717) is 5.41 Å². The molecule has 3 rings (SSSR count). The Morgan fingerprint density at radius 1 is 1.14 bits per heavy atom. The molecule has 0 aliphatic heterocycles. The minimum atomic E-state index is 0.553. The zero-order valence-corrected chi connectivity index (χ0v) is 8.93. The molecule has 3 aliphatic rings. The zero-order valence-electron chi connectivity index (χ0n) is 8.93. The van der Waals surface area contributed by atoms with Crippen LogP contribution in [0.5, 0.6) is 0 Å². The molecule has 0 atom stereocenters. The molecule has 0 spiro atoms. The second kappa shape index (κ2) is 3.49. The van der Waals surface area contributed by atoms with Gasteiger partial charge in [0, 0.05) is 24.6 Å². The molecule has 0 heterocycles. The van der Waals surface area contributed by atoms with Crippen molar-refractivity contribution < 1.29 is 4.74 Å². The van der Waals surface area contributed by atoms with Crippen LogP contribution < -0.4 is 5.32 Å². The molecule has 3 fully saturated rings. The molecule has 2 nitrogen and oxygen atoms in total. The summed E-state index contributed by atoms with van der Waals surface area (Å²) in [5.41, 5.74) is 0.553. The van der Waals surface area contributed by atoms with Gasteiger partial charge in [-0.05, 0) is 44.4 Å². The second-order valence-corrected chi connectivity index (χ2v) is 5.61. The number of rotatable bonds is 7. The van der Waals surface area contributed by atoms with E-state index in [0.717, 1.165) is 25.2 Å². The molecule has 80 valence electrons. The van der Waals surface area contributed by atoms with E-state index in [9.17, 15) is 0 Å². The quantitative estimate of drug-likeness (QED) is 0.670. The molecule has 0 aromatic carbocycles. The molecule has 3 saturated carbocycles. The molecule has 0 amide bonds. The molecule has 0 unspecified atom stereocenters. The Bertz CT molecular complexity index is 204. The standard InChI is InChI=1S/C12H21NO/c1-2-10(1)7-14-9-12(5-6-12)8-13-11-3-4-11/h10-11,13H,1-9H2. The Morgan fingerprint density at radius 3 is 2.50 bits per heavy atom. The average Bonchev–Trinajstić information content (AvgIpc) is 3.01. The molecular formula is C12H21NO. The number of ether oxygens (including phenoxy) is 1. The predicted molar refractivity (Wildman–Crippen MR) is 56.2 cm³/mol. The van der Waals surface area contributed by atoms with Gasteiger partial charge in [-0.15, -0.1) is 0 Å². The lowest BCUT2D eigenvalue weighted by Crippen LogP contribution is -2.29. The zero-order chi connectivity index (χ0) is 9.43. The van der Waals surface area contributed by atoms with E-state index in [1.807, 2.05) is 0 Å². The van der Waals surface area contributed by atoms with Crippen molar-refractivity contribution in [2.75, 3.05) is 19.8 Å². The van der Waals surface area contributed by atoms with Gasteiger partial charge < -0.3 is 10.1 Å². The highest BCUT2D eigenvalue weighted by Crippen LogP contribution is 2.46. The van der Waals surface area contributed by atoms with E-state index in [4.69, 9.17) is 4.74 Å². The van der Waals surface area contributed by atoms with Gasteiger partial charge in [0.2, 0.25) is 0 Å². The fraction of sp³-hybridized carbons (Fsp3) is 1.00. The summed E-state index contributed by atoms with van der Waals surface area (Å²) in [5.74, 6) is 0.919. The van der Waals surface area contributed by atoms with Gasteiger partial charge >= 0.3 is 0 Å². The van der Waals surface area contributed by atoms with E-state index in [1.54, 1.807) is 0 Å². The maximum Gasteiger partial charge on any atom is 0.0534 e. The van der Waals surface area contributed by atoms with Crippen molar-refractivity contribution in [2.24, 2.45) is 11.3 Å². The first-order valence-electron chi connectivity index (χ1n) is 6.18. The van der Waals surface area contributed by atoms with Gasteiger partial charge in [0.1, 0.15) is 0 Å². The first kappa shape index (κ1) is 9.17. The minimum absolute atomic E-state index is 0.553. The summed E-state index contributed by atoms with van der Waals surface area (Å²) < 4.78 is 5.80. The van der Waals surface area contributed by atoms with Crippen molar-refractivity contribution in [3.63, 3.8) is 0 Å². The summed E-state index contributed by atoms with van der Waals surface area (Å²) in [5, 5.41) is 3.63. The number of nitrogens with one attached hydrogen (secondary N) is 1. The Morgan fingerprint density at radius 2 is 1.93 bits per heavy atom. The van der Waals surface area contributed by atoms with Crippen molar-refractivity contribution in [3.8, 4) is 0 Å². The molecule has 1 N–H and O–H groups in total. The fourth-order valence-corrected chi connectivity index (χ4v) is 1.92. The summed E-state index contributed by atoms with van der Waals surface area (Å²) in [6, 6.07) is 0.857.